The van der Waals surface area contributed by atoms with Gasteiger partial charge in [-0.3, -0.25) is 4.79 Å². The molecule has 0 heterocycles. The Bertz CT molecular complexity index is 221. The van der Waals surface area contributed by atoms with Gasteiger partial charge in [-0.1, -0.05) is 6.92 Å². The first-order chi connectivity index (χ1) is 7.41. The number of nitrogens with zero attached hydrogens (tertiary/aromatic N) is 1. The second-order valence-electron chi connectivity index (χ2n) is 4.47. The fourth-order valence-electron chi connectivity index (χ4n) is 1.50. The molecule has 0 saturated heterocycles. The molecular formula is C12H26N2O2. The van der Waals surface area contributed by atoms with E-state index in [2.05, 4.69) is 24.1 Å². The van der Waals surface area contributed by atoms with Gasteiger partial charge in [-0.15, -0.1) is 0 Å². The van der Waals surface area contributed by atoms with Gasteiger partial charge >= 0.3 is 5.97 Å². The van der Waals surface area contributed by atoms with Gasteiger partial charge in [-0.2, -0.15) is 0 Å². The predicted octanol–water partition coefficient (Wildman–Crippen LogP) is 1.26. The Morgan fingerprint density at radius 1 is 1.50 bits per heavy atom. The van der Waals surface area contributed by atoms with Gasteiger partial charge in [-0.25, -0.2) is 0 Å². The lowest BCUT2D eigenvalue weighted by Gasteiger charge is -2.34. The van der Waals surface area contributed by atoms with Crippen LogP contribution in [0.1, 0.15) is 34.1 Å². The molecule has 96 valence electrons. The van der Waals surface area contributed by atoms with Gasteiger partial charge in [0.15, 0.2) is 0 Å². The van der Waals surface area contributed by atoms with E-state index in [1.165, 1.54) is 0 Å². The van der Waals surface area contributed by atoms with Crippen LogP contribution in [0.3, 0.4) is 0 Å². The summed E-state index contributed by atoms with van der Waals surface area (Å²) in [5.74, 6) is -0.187. The van der Waals surface area contributed by atoms with E-state index in [0.29, 0.717) is 19.2 Å². The third-order valence-electron chi connectivity index (χ3n) is 3.19. The molecule has 0 aromatic carbocycles. The molecule has 0 aromatic heterocycles. The molecule has 0 amide bonds. The number of ether oxygens (including phenoxy) is 1. The average Bonchev–Trinajstić information content (AvgIpc) is 2.27. The lowest BCUT2D eigenvalue weighted by Crippen LogP contribution is -2.56. The van der Waals surface area contributed by atoms with Crippen molar-refractivity contribution in [2.75, 3.05) is 27.2 Å². The summed E-state index contributed by atoms with van der Waals surface area (Å²) in [6.45, 7) is 9.07. The van der Waals surface area contributed by atoms with Crippen molar-refractivity contribution in [2.24, 2.45) is 0 Å². The van der Waals surface area contributed by atoms with Gasteiger partial charge < -0.3 is 15.0 Å². The number of hydrogen-bond donors (Lipinski definition) is 1. The summed E-state index contributed by atoms with van der Waals surface area (Å²) in [7, 11) is 3.82. The van der Waals surface area contributed by atoms with Crippen LogP contribution in [-0.4, -0.2) is 49.7 Å². The van der Waals surface area contributed by atoms with Crippen molar-refractivity contribution in [2.45, 2.75) is 45.7 Å². The summed E-state index contributed by atoms with van der Waals surface area (Å²) in [6.07, 6.45) is 1.07. The van der Waals surface area contributed by atoms with Crippen molar-refractivity contribution in [1.29, 1.82) is 0 Å². The molecule has 0 spiro atoms. The van der Waals surface area contributed by atoms with Crippen LogP contribution >= 0.6 is 0 Å². The lowest BCUT2D eigenvalue weighted by molar-refractivity contribution is -0.151. The molecular weight excluding hydrogens is 204 g/mol. The molecule has 2 atom stereocenters. The van der Waals surface area contributed by atoms with Crippen LogP contribution in [0.25, 0.3) is 0 Å². The maximum Gasteiger partial charge on any atom is 0.327 e. The average molecular weight is 230 g/mol. The topological polar surface area (TPSA) is 41.6 Å². The molecule has 0 aromatic rings. The first-order valence-corrected chi connectivity index (χ1v) is 5.97. The molecule has 0 aliphatic carbocycles. The second kappa shape index (κ2) is 6.86. The summed E-state index contributed by atoms with van der Waals surface area (Å²) < 4.78 is 5.08. The highest BCUT2D eigenvalue weighted by atomic mass is 16.5. The summed E-state index contributed by atoms with van der Waals surface area (Å²) in [6, 6.07) is 0.460. The van der Waals surface area contributed by atoms with Crippen LogP contribution in [-0.2, 0) is 9.53 Å². The first-order valence-electron chi connectivity index (χ1n) is 5.97. The van der Waals surface area contributed by atoms with Crippen LogP contribution < -0.4 is 5.32 Å². The van der Waals surface area contributed by atoms with Gasteiger partial charge in [0, 0.05) is 12.6 Å². The highest BCUT2D eigenvalue weighted by Crippen LogP contribution is 2.11. The van der Waals surface area contributed by atoms with Crippen molar-refractivity contribution in [3.63, 3.8) is 0 Å². The lowest BCUT2D eigenvalue weighted by atomic mass is 10.0. The van der Waals surface area contributed by atoms with Crippen LogP contribution in [0, 0.1) is 0 Å². The van der Waals surface area contributed by atoms with Crippen LogP contribution in [0.15, 0.2) is 0 Å². The number of carbonyl (C=O) groups excluding carboxylic acids is 1. The van der Waals surface area contributed by atoms with E-state index < -0.39 is 5.54 Å². The van der Waals surface area contributed by atoms with Crippen LogP contribution in [0.5, 0.6) is 0 Å². The van der Waals surface area contributed by atoms with Gasteiger partial charge in [0.1, 0.15) is 5.54 Å². The Labute approximate surface area is 99.3 Å². The van der Waals surface area contributed by atoms with Gasteiger partial charge in [0.25, 0.3) is 0 Å². The van der Waals surface area contributed by atoms with Crippen molar-refractivity contribution >= 4 is 5.97 Å². The minimum absolute atomic E-state index is 0.187. The molecule has 4 nitrogen and oxygen atoms in total. The molecule has 0 aliphatic rings. The van der Waals surface area contributed by atoms with Crippen molar-refractivity contribution in [3.05, 3.63) is 0 Å². The molecule has 4 heteroatoms. The number of carbonyl (C=O) groups is 1. The number of rotatable bonds is 7. The van der Waals surface area contributed by atoms with Crippen molar-refractivity contribution < 1.29 is 9.53 Å². The zero-order valence-electron chi connectivity index (χ0n) is 11.5. The Hall–Kier alpha value is -0.610. The van der Waals surface area contributed by atoms with Gasteiger partial charge in [0.05, 0.1) is 6.61 Å². The summed E-state index contributed by atoms with van der Waals surface area (Å²) in [4.78, 5) is 14.0. The second-order valence-corrected chi connectivity index (χ2v) is 4.47. The monoisotopic (exact) mass is 230 g/mol. The molecule has 0 saturated carbocycles. The van der Waals surface area contributed by atoms with E-state index in [4.69, 9.17) is 4.74 Å². The van der Waals surface area contributed by atoms with E-state index in [-0.39, 0.29) is 5.97 Å². The fourth-order valence-corrected chi connectivity index (χ4v) is 1.50. The van der Waals surface area contributed by atoms with Gasteiger partial charge in [0.2, 0.25) is 0 Å². The number of hydrogen-bond acceptors (Lipinski definition) is 4. The third-order valence-corrected chi connectivity index (χ3v) is 3.19. The van der Waals surface area contributed by atoms with E-state index >= 15 is 0 Å². The number of likely N-dealkylation sites (N-methyl/N-ethyl adjacent to an activating group) is 2. The Morgan fingerprint density at radius 3 is 2.44 bits per heavy atom. The van der Waals surface area contributed by atoms with Gasteiger partial charge in [-0.05, 0) is 41.3 Å². The molecule has 2 unspecified atom stereocenters. The molecule has 0 fully saturated rings. The van der Waals surface area contributed by atoms with Crippen molar-refractivity contribution in [3.8, 4) is 0 Å². The van der Waals surface area contributed by atoms with Crippen LogP contribution in [0.4, 0.5) is 0 Å². The minimum atomic E-state index is -0.631. The number of esters is 1. The van der Waals surface area contributed by atoms with E-state index in [0.717, 1.165) is 6.42 Å². The third kappa shape index (κ3) is 4.10. The highest BCUT2D eigenvalue weighted by Gasteiger charge is 2.34. The Balaban J connectivity index is 4.52. The molecule has 0 radical (unpaired) electrons. The fraction of sp³-hybridized carbons (Fsp3) is 0.917. The Morgan fingerprint density at radius 2 is 2.06 bits per heavy atom. The molecule has 0 aliphatic heterocycles. The summed E-state index contributed by atoms with van der Waals surface area (Å²) in [5.41, 5.74) is -0.631. The van der Waals surface area contributed by atoms with E-state index in [1.807, 2.05) is 20.9 Å². The molecule has 16 heavy (non-hydrogen) atoms. The van der Waals surface area contributed by atoms with E-state index in [9.17, 15) is 4.79 Å². The highest BCUT2D eigenvalue weighted by molar-refractivity contribution is 5.80. The largest absolute Gasteiger partial charge is 0.465 e. The predicted molar refractivity (Wildman–Crippen MR) is 66.5 cm³/mol. The minimum Gasteiger partial charge on any atom is -0.465 e. The maximum absolute atomic E-state index is 11.8. The zero-order chi connectivity index (χ0) is 12.8. The molecule has 0 bridgehead atoms. The smallest absolute Gasteiger partial charge is 0.327 e. The maximum atomic E-state index is 11.8. The SMILES string of the molecule is CCOC(=O)C(C)(CN(C)C(C)CC)NC. The van der Waals surface area contributed by atoms with E-state index in [1.54, 1.807) is 7.05 Å². The molecule has 0 rings (SSSR count). The normalized spacial score (nSPS) is 16.9. The first kappa shape index (κ1) is 15.4. The van der Waals surface area contributed by atoms with Crippen LogP contribution in [0.2, 0.25) is 0 Å². The quantitative estimate of drug-likeness (QED) is 0.669. The zero-order valence-corrected chi connectivity index (χ0v) is 11.5. The Kier molecular flexibility index (Phi) is 6.60. The van der Waals surface area contributed by atoms with Crippen molar-refractivity contribution in [1.82, 2.24) is 10.2 Å². The molecule has 1 N–H and O–H groups in total. The number of nitrogens with one attached hydrogen (secondary N) is 1. The standard InChI is InChI=1S/C12H26N2O2/c1-7-10(3)14(6)9-12(4,13-5)11(15)16-8-2/h10,13H,7-9H2,1-6H3. The summed E-state index contributed by atoms with van der Waals surface area (Å²) in [5, 5.41) is 3.06. The summed E-state index contributed by atoms with van der Waals surface area (Å²) >= 11 is 0.